The Morgan fingerprint density at radius 1 is 1.04 bits per heavy atom. The standard InChI is InChI=1S/C18H23NO4S/c1-5-14-6-8-15(9-7-14)13(2)19-24(20,21)18-12-16(22-3)10-11-17(18)23-4/h6-13,19H,5H2,1-4H3/t13-/m0/s1. The highest BCUT2D eigenvalue weighted by Crippen LogP contribution is 2.29. The Morgan fingerprint density at radius 2 is 1.71 bits per heavy atom. The van der Waals surface area contributed by atoms with Crippen molar-refractivity contribution in [2.75, 3.05) is 14.2 Å². The number of methoxy groups -OCH3 is 2. The summed E-state index contributed by atoms with van der Waals surface area (Å²) < 4.78 is 38.5. The van der Waals surface area contributed by atoms with Gasteiger partial charge in [0.2, 0.25) is 10.0 Å². The fourth-order valence-electron chi connectivity index (χ4n) is 2.40. The van der Waals surface area contributed by atoms with Crippen LogP contribution in [0.1, 0.15) is 31.0 Å². The summed E-state index contributed by atoms with van der Waals surface area (Å²) in [4.78, 5) is 0.0568. The molecule has 0 spiro atoms. The average molecular weight is 349 g/mol. The van der Waals surface area contributed by atoms with E-state index >= 15 is 0 Å². The fraction of sp³-hybridized carbons (Fsp3) is 0.333. The maximum atomic E-state index is 12.7. The summed E-state index contributed by atoms with van der Waals surface area (Å²) in [6.07, 6.45) is 0.946. The SMILES string of the molecule is CCc1ccc([C@H](C)NS(=O)(=O)c2cc(OC)ccc2OC)cc1. The van der Waals surface area contributed by atoms with Crippen LogP contribution >= 0.6 is 0 Å². The van der Waals surface area contributed by atoms with Crippen molar-refractivity contribution in [3.05, 3.63) is 53.6 Å². The van der Waals surface area contributed by atoms with Crippen molar-refractivity contribution < 1.29 is 17.9 Å². The van der Waals surface area contributed by atoms with Gasteiger partial charge in [-0.25, -0.2) is 13.1 Å². The second-order valence-corrected chi connectivity index (χ2v) is 7.14. The number of hydrogen-bond donors (Lipinski definition) is 1. The lowest BCUT2D eigenvalue weighted by Gasteiger charge is -2.17. The lowest BCUT2D eigenvalue weighted by atomic mass is 10.1. The van der Waals surface area contributed by atoms with Crippen LogP contribution < -0.4 is 14.2 Å². The van der Waals surface area contributed by atoms with Crippen molar-refractivity contribution in [3.63, 3.8) is 0 Å². The highest BCUT2D eigenvalue weighted by atomic mass is 32.2. The van der Waals surface area contributed by atoms with Gasteiger partial charge in [0.05, 0.1) is 14.2 Å². The van der Waals surface area contributed by atoms with Gasteiger partial charge >= 0.3 is 0 Å². The van der Waals surface area contributed by atoms with Gasteiger partial charge in [-0.1, -0.05) is 31.2 Å². The molecule has 2 aromatic carbocycles. The second-order valence-electron chi connectivity index (χ2n) is 5.45. The third-order valence-corrected chi connectivity index (χ3v) is 5.44. The normalized spacial score (nSPS) is 12.7. The molecule has 2 rings (SSSR count). The van der Waals surface area contributed by atoms with E-state index in [-0.39, 0.29) is 16.7 Å². The molecule has 0 aromatic heterocycles. The molecule has 0 saturated carbocycles. The molecule has 130 valence electrons. The zero-order valence-corrected chi connectivity index (χ0v) is 15.2. The van der Waals surface area contributed by atoms with Crippen molar-refractivity contribution in [2.24, 2.45) is 0 Å². The van der Waals surface area contributed by atoms with Crippen LogP contribution in [0.3, 0.4) is 0 Å². The molecule has 2 aromatic rings. The predicted molar refractivity (Wildman–Crippen MR) is 94.1 cm³/mol. The van der Waals surface area contributed by atoms with Crippen molar-refractivity contribution in [3.8, 4) is 11.5 Å². The van der Waals surface area contributed by atoms with Crippen LogP contribution in [0.4, 0.5) is 0 Å². The molecule has 0 unspecified atom stereocenters. The molecule has 1 N–H and O–H groups in total. The molecule has 1 atom stereocenters. The summed E-state index contributed by atoms with van der Waals surface area (Å²) in [7, 11) is -0.826. The Bertz CT molecular complexity index is 785. The van der Waals surface area contributed by atoms with E-state index in [4.69, 9.17) is 9.47 Å². The topological polar surface area (TPSA) is 64.6 Å². The number of sulfonamides is 1. The third-order valence-electron chi connectivity index (χ3n) is 3.88. The molecule has 0 amide bonds. The smallest absolute Gasteiger partial charge is 0.244 e. The van der Waals surface area contributed by atoms with Crippen LogP contribution in [0.25, 0.3) is 0 Å². The summed E-state index contributed by atoms with van der Waals surface area (Å²) in [5, 5.41) is 0. The molecule has 6 heteroatoms. The fourth-order valence-corrected chi connectivity index (χ4v) is 3.82. The Morgan fingerprint density at radius 3 is 2.25 bits per heavy atom. The Hall–Kier alpha value is -2.05. The Balaban J connectivity index is 2.29. The number of hydrogen-bond acceptors (Lipinski definition) is 4. The average Bonchev–Trinajstić information content (AvgIpc) is 2.60. The molecule has 0 heterocycles. The number of benzene rings is 2. The zero-order chi connectivity index (χ0) is 17.7. The van der Waals surface area contributed by atoms with E-state index in [1.807, 2.05) is 31.2 Å². The minimum Gasteiger partial charge on any atom is -0.497 e. The highest BCUT2D eigenvalue weighted by Gasteiger charge is 2.23. The molecule has 0 bridgehead atoms. The summed E-state index contributed by atoms with van der Waals surface area (Å²) in [5.41, 5.74) is 2.11. The van der Waals surface area contributed by atoms with Crippen LogP contribution in [-0.4, -0.2) is 22.6 Å². The molecule has 0 radical (unpaired) electrons. The van der Waals surface area contributed by atoms with E-state index in [1.165, 1.54) is 25.8 Å². The molecule has 5 nitrogen and oxygen atoms in total. The molecular formula is C18H23NO4S. The van der Waals surface area contributed by atoms with E-state index in [0.717, 1.165) is 12.0 Å². The van der Waals surface area contributed by atoms with E-state index < -0.39 is 10.0 Å². The first-order valence-corrected chi connectivity index (χ1v) is 9.22. The summed E-state index contributed by atoms with van der Waals surface area (Å²) in [6.45, 7) is 3.89. The van der Waals surface area contributed by atoms with Gasteiger partial charge in [0, 0.05) is 12.1 Å². The molecule has 24 heavy (non-hydrogen) atoms. The predicted octanol–water partition coefficient (Wildman–Crippen LogP) is 3.31. The van der Waals surface area contributed by atoms with E-state index in [0.29, 0.717) is 5.75 Å². The Labute approximate surface area is 143 Å². The zero-order valence-electron chi connectivity index (χ0n) is 14.4. The van der Waals surface area contributed by atoms with Crippen LogP contribution in [0.15, 0.2) is 47.4 Å². The number of nitrogens with one attached hydrogen (secondary N) is 1. The largest absolute Gasteiger partial charge is 0.497 e. The quantitative estimate of drug-likeness (QED) is 0.833. The van der Waals surface area contributed by atoms with Crippen molar-refractivity contribution in [2.45, 2.75) is 31.2 Å². The van der Waals surface area contributed by atoms with Crippen molar-refractivity contribution in [1.82, 2.24) is 4.72 Å². The number of rotatable bonds is 7. The molecule has 0 aliphatic carbocycles. The minimum absolute atomic E-state index is 0.0568. The first-order chi connectivity index (χ1) is 11.4. The van der Waals surface area contributed by atoms with Gasteiger partial charge < -0.3 is 9.47 Å². The maximum Gasteiger partial charge on any atom is 0.244 e. The van der Waals surface area contributed by atoms with Gasteiger partial charge in [0.25, 0.3) is 0 Å². The minimum atomic E-state index is -3.75. The monoisotopic (exact) mass is 349 g/mol. The summed E-state index contributed by atoms with van der Waals surface area (Å²) >= 11 is 0. The lowest BCUT2D eigenvalue weighted by molar-refractivity contribution is 0.391. The highest BCUT2D eigenvalue weighted by molar-refractivity contribution is 7.89. The second kappa shape index (κ2) is 7.68. The van der Waals surface area contributed by atoms with Gasteiger partial charge in [-0.3, -0.25) is 0 Å². The number of ether oxygens (including phenoxy) is 2. The Kier molecular flexibility index (Phi) is 5.85. The first kappa shape index (κ1) is 18.3. The summed E-state index contributed by atoms with van der Waals surface area (Å²) in [6, 6.07) is 12.2. The maximum absolute atomic E-state index is 12.7. The summed E-state index contributed by atoms with van der Waals surface area (Å²) in [5.74, 6) is 0.730. The van der Waals surface area contributed by atoms with Crippen molar-refractivity contribution >= 4 is 10.0 Å². The van der Waals surface area contributed by atoms with Gasteiger partial charge in [0.1, 0.15) is 16.4 Å². The number of aryl methyl sites for hydroxylation is 1. The molecule has 0 fully saturated rings. The third kappa shape index (κ3) is 4.07. The molecule has 0 aliphatic heterocycles. The van der Waals surface area contributed by atoms with E-state index in [2.05, 4.69) is 11.6 Å². The van der Waals surface area contributed by atoms with Gasteiger partial charge in [0.15, 0.2) is 0 Å². The van der Waals surface area contributed by atoms with E-state index in [1.54, 1.807) is 12.1 Å². The van der Waals surface area contributed by atoms with Crippen LogP contribution in [0.2, 0.25) is 0 Å². The van der Waals surface area contributed by atoms with Gasteiger partial charge in [-0.15, -0.1) is 0 Å². The van der Waals surface area contributed by atoms with Crippen LogP contribution in [-0.2, 0) is 16.4 Å². The molecule has 0 saturated heterocycles. The van der Waals surface area contributed by atoms with Crippen LogP contribution in [0, 0.1) is 0 Å². The van der Waals surface area contributed by atoms with Gasteiger partial charge in [-0.2, -0.15) is 0 Å². The van der Waals surface area contributed by atoms with Gasteiger partial charge in [-0.05, 0) is 36.6 Å². The first-order valence-electron chi connectivity index (χ1n) is 7.74. The molecular weight excluding hydrogens is 326 g/mol. The molecule has 0 aliphatic rings. The lowest BCUT2D eigenvalue weighted by Crippen LogP contribution is -2.27. The van der Waals surface area contributed by atoms with Crippen molar-refractivity contribution in [1.29, 1.82) is 0 Å². The van der Waals surface area contributed by atoms with E-state index in [9.17, 15) is 8.42 Å². The van der Waals surface area contributed by atoms with Crippen LogP contribution in [0.5, 0.6) is 11.5 Å².